The van der Waals surface area contributed by atoms with Gasteiger partial charge in [-0.2, -0.15) is 0 Å². The van der Waals surface area contributed by atoms with Crippen molar-refractivity contribution in [2.24, 2.45) is 5.73 Å². The Morgan fingerprint density at radius 1 is 1.23 bits per heavy atom. The van der Waals surface area contributed by atoms with Crippen molar-refractivity contribution in [3.63, 3.8) is 0 Å². The van der Waals surface area contributed by atoms with Gasteiger partial charge in [-0.15, -0.1) is 0 Å². The van der Waals surface area contributed by atoms with Crippen LogP contribution in [0, 0.1) is 0 Å². The molecule has 4 amide bonds. The fourth-order valence-electron chi connectivity index (χ4n) is 2.30. The maximum Gasteiger partial charge on any atom is 0.328 e. The molecule has 118 valence electrons. The first-order valence-electron chi connectivity index (χ1n) is 6.50. The average molecular weight is 344 g/mol. The van der Waals surface area contributed by atoms with E-state index in [0.29, 0.717) is 15.6 Å². The Kier molecular flexibility index (Phi) is 4.35. The number of imide groups is 1. The highest BCUT2D eigenvalue weighted by Gasteiger charge is 2.51. The van der Waals surface area contributed by atoms with Crippen LogP contribution in [0.5, 0.6) is 0 Å². The summed E-state index contributed by atoms with van der Waals surface area (Å²) < 4.78 is 0. The molecular formula is C14H15Cl2N3O3. The third-order valence-electron chi connectivity index (χ3n) is 3.54. The van der Waals surface area contributed by atoms with Crippen molar-refractivity contribution in [2.75, 3.05) is 6.54 Å². The molecule has 0 aromatic heterocycles. The van der Waals surface area contributed by atoms with Crippen molar-refractivity contribution in [2.45, 2.75) is 25.9 Å². The van der Waals surface area contributed by atoms with E-state index < -0.39 is 23.4 Å². The van der Waals surface area contributed by atoms with E-state index in [4.69, 9.17) is 28.9 Å². The van der Waals surface area contributed by atoms with E-state index in [-0.39, 0.29) is 13.1 Å². The maximum absolute atomic E-state index is 12.4. The van der Waals surface area contributed by atoms with E-state index in [9.17, 15) is 14.4 Å². The zero-order valence-electron chi connectivity index (χ0n) is 12.1. The Balaban J connectivity index is 2.27. The molecule has 1 heterocycles. The van der Waals surface area contributed by atoms with Crippen LogP contribution in [0.1, 0.15) is 19.4 Å². The summed E-state index contributed by atoms with van der Waals surface area (Å²) in [5, 5.41) is 0.728. The molecule has 0 spiro atoms. The number of halogens is 2. The van der Waals surface area contributed by atoms with Crippen molar-refractivity contribution in [3.8, 4) is 0 Å². The Bertz CT molecular complexity index is 661. The van der Waals surface area contributed by atoms with Crippen LogP contribution in [0.4, 0.5) is 4.79 Å². The van der Waals surface area contributed by atoms with Gasteiger partial charge in [0.1, 0.15) is 12.1 Å². The third-order valence-corrected chi connectivity index (χ3v) is 4.28. The lowest BCUT2D eigenvalue weighted by molar-refractivity contribution is -0.132. The first-order valence-corrected chi connectivity index (χ1v) is 7.26. The minimum absolute atomic E-state index is 0.0489. The summed E-state index contributed by atoms with van der Waals surface area (Å²) in [4.78, 5) is 38.2. The predicted molar refractivity (Wildman–Crippen MR) is 82.4 cm³/mol. The SMILES string of the molecule is CC1(C)C(=O)N(Cc2ccc(Cl)c(Cl)c2)C(=O)N1CC(N)=O. The van der Waals surface area contributed by atoms with Gasteiger partial charge >= 0.3 is 6.03 Å². The fraction of sp³-hybridized carbons (Fsp3) is 0.357. The maximum atomic E-state index is 12.4. The molecule has 1 aliphatic rings. The highest BCUT2D eigenvalue weighted by atomic mass is 35.5. The number of carbonyl (C=O) groups is 3. The molecule has 0 unspecified atom stereocenters. The van der Waals surface area contributed by atoms with Gasteiger partial charge in [0.05, 0.1) is 16.6 Å². The quantitative estimate of drug-likeness (QED) is 0.848. The van der Waals surface area contributed by atoms with Gasteiger partial charge in [0.25, 0.3) is 5.91 Å². The van der Waals surface area contributed by atoms with E-state index in [1.807, 2.05) is 0 Å². The van der Waals surface area contributed by atoms with Gasteiger partial charge in [-0.05, 0) is 31.5 Å². The first kappa shape index (κ1) is 16.6. The smallest absolute Gasteiger partial charge is 0.328 e. The zero-order chi connectivity index (χ0) is 16.7. The van der Waals surface area contributed by atoms with Gasteiger partial charge < -0.3 is 10.6 Å². The van der Waals surface area contributed by atoms with Crippen molar-refractivity contribution in [3.05, 3.63) is 33.8 Å². The van der Waals surface area contributed by atoms with Gasteiger partial charge in [-0.3, -0.25) is 14.5 Å². The first-order chi connectivity index (χ1) is 10.1. The van der Waals surface area contributed by atoms with E-state index in [0.717, 1.165) is 9.80 Å². The zero-order valence-corrected chi connectivity index (χ0v) is 13.6. The lowest BCUT2D eigenvalue weighted by atomic mass is 10.0. The molecule has 8 heteroatoms. The van der Waals surface area contributed by atoms with Gasteiger partial charge in [0.2, 0.25) is 5.91 Å². The van der Waals surface area contributed by atoms with Crippen LogP contribution in [0.3, 0.4) is 0 Å². The molecule has 0 atom stereocenters. The van der Waals surface area contributed by atoms with Crippen LogP contribution in [0.15, 0.2) is 18.2 Å². The highest BCUT2D eigenvalue weighted by molar-refractivity contribution is 6.42. The Morgan fingerprint density at radius 3 is 2.41 bits per heavy atom. The second kappa shape index (κ2) is 5.78. The van der Waals surface area contributed by atoms with Crippen LogP contribution < -0.4 is 5.73 Å². The summed E-state index contributed by atoms with van der Waals surface area (Å²) in [6.07, 6.45) is 0. The van der Waals surface area contributed by atoms with Gasteiger partial charge in [-0.1, -0.05) is 29.3 Å². The van der Waals surface area contributed by atoms with E-state index in [1.165, 1.54) is 0 Å². The van der Waals surface area contributed by atoms with E-state index in [1.54, 1.807) is 32.0 Å². The molecule has 1 aromatic carbocycles. The normalized spacial score (nSPS) is 17.3. The number of rotatable bonds is 4. The second-order valence-electron chi connectivity index (χ2n) is 5.53. The molecule has 1 saturated heterocycles. The van der Waals surface area contributed by atoms with Crippen molar-refractivity contribution < 1.29 is 14.4 Å². The Morgan fingerprint density at radius 2 is 1.86 bits per heavy atom. The molecule has 0 radical (unpaired) electrons. The summed E-state index contributed by atoms with van der Waals surface area (Å²) >= 11 is 11.8. The van der Waals surface area contributed by atoms with Crippen LogP contribution in [0.25, 0.3) is 0 Å². The minimum Gasteiger partial charge on any atom is -0.368 e. The summed E-state index contributed by atoms with van der Waals surface area (Å²) in [5.41, 5.74) is 4.68. The standard InChI is InChI=1S/C14H15Cl2N3O3/c1-14(2)12(21)18(13(22)19(14)7-11(17)20)6-8-3-4-9(15)10(16)5-8/h3-5H,6-7H2,1-2H3,(H2,17,20). The number of urea groups is 1. The molecule has 0 saturated carbocycles. The largest absolute Gasteiger partial charge is 0.368 e. The number of amides is 4. The van der Waals surface area contributed by atoms with E-state index in [2.05, 4.69) is 0 Å². The number of nitrogens with two attached hydrogens (primary N) is 1. The molecule has 2 N–H and O–H groups in total. The van der Waals surface area contributed by atoms with Gasteiger partial charge in [0.15, 0.2) is 0 Å². The average Bonchev–Trinajstić information content (AvgIpc) is 2.57. The highest BCUT2D eigenvalue weighted by Crippen LogP contribution is 2.30. The van der Waals surface area contributed by atoms with Crippen LogP contribution >= 0.6 is 23.2 Å². The van der Waals surface area contributed by atoms with E-state index >= 15 is 0 Å². The number of nitrogens with zero attached hydrogens (tertiary/aromatic N) is 2. The molecule has 0 bridgehead atoms. The molecule has 6 nitrogen and oxygen atoms in total. The summed E-state index contributed by atoms with van der Waals surface area (Å²) in [7, 11) is 0. The number of hydrogen-bond donors (Lipinski definition) is 1. The van der Waals surface area contributed by atoms with Crippen LogP contribution in [0.2, 0.25) is 10.0 Å². The molecular weight excluding hydrogens is 329 g/mol. The monoisotopic (exact) mass is 343 g/mol. The van der Waals surface area contributed by atoms with Crippen molar-refractivity contribution in [1.82, 2.24) is 9.80 Å². The number of hydrogen-bond acceptors (Lipinski definition) is 3. The summed E-state index contributed by atoms with van der Waals surface area (Å²) in [5.74, 6) is -1.07. The third kappa shape index (κ3) is 2.89. The Labute approximate surface area is 137 Å². The Hall–Kier alpha value is -1.79. The van der Waals surface area contributed by atoms with Crippen LogP contribution in [-0.4, -0.2) is 39.7 Å². The van der Waals surface area contributed by atoms with Gasteiger partial charge in [0, 0.05) is 0 Å². The lowest BCUT2D eigenvalue weighted by Crippen LogP contribution is -2.47. The minimum atomic E-state index is -1.12. The molecule has 1 aromatic rings. The molecule has 1 fully saturated rings. The molecule has 22 heavy (non-hydrogen) atoms. The topological polar surface area (TPSA) is 83.7 Å². The summed E-state index contributed by atoms with van der Waals surface area (Å²) in [6.45, 7) is 2.89. The second-order valence-corrected chi connectivity index (χ2v) is 6.35. The lowest BCUT2D eigenvalue weighted by Gasteiger charge is -2.26. The fourth-order valence-corrected chi connectivity index (χ4v) is 2.62. The molecule has 0 aliphatic carbocycles. The van der Waals surface area contributed by atoms with Crippen molar-refractivity contribution >= 4 is 41.0 Å². The number of primary amides is 1. The predicted octanol–water partition coefficient (Wildman–Crippen LogP) is 2.02. The summed E-state index contributed by atoms with van der Waals surface area (Å²) in [6, 6.07) is 4.31. The van der Waals surface area contributed by atoms with Gasteiger partial charge in [-0.25, -0.2) is 4.79 Å². The number of carbonyl (C=O) groups excluding carboxylic acids is 3. The van der Waals surface area contributed by atoms with Crippen molar-refractivity contribution in [1.29, 1.82) is 0 Å². The molecule has 1 aliphatic heterocycles. The number of benzene rings is 1. The molecule has 2 rings (SSSR count). The van der Waals surface area contributed by atoms with Crippen LogP contribution in [-0.2, 0) is 16.1 Å².